The van der Waals surface area contributed by atoms with Crippen LogP contribution in [-0.4, -0.2) is 54.4 Å². The molecule has 0 aromatic carbocycles. The van der Waals surface area contributed by atoms with Gasteiger partial charge in [0.1, 0.15) is 6.10 Å². The first-order valence-electron chi connectivity index (χ1n) is 6.96. The Hall–Kier alpha value is -1.29. The number of hydrogen-bond acceptors (Lipinski definition) is 7. The van der Waals surface area contributed by atoms with Crippen LogP contribution in [0.2, 0.25) is 0 Å². The summed E-state index contributed by atoms with van der Waals surface area (Å²) in [7, 11) is -4.22. The Bertz CT molecular complexity index is 714. The number of aliphatic hydroxyl groups is 3. The van der Waals surface area contributed by atoms with Gasteiger partial charge in [0.15, 0.2) is 5.85 Å². The van der Waals surface area contributed by atoms with E-state index in [-0.39, 0.29) is 13.0 Å². The molecule has 1 aromatic heterocycles. The first-order chi connectivity index (χ1) is 10.6. The van der Waals surface area contributed by atoms with Crippen LogP contribution in [0.1, 0.15) is 19.4 Å². The van der Waals surface area contributed by atoms with Crippen molar-refractivity contribution < 1.29 is 29.3 Å². The van der Waals surface area contributed by atoms with Gasteiger partial charge in [0.2, 0.25) is 0 Å². The minimum atomic E-state index is -4.22. The van der Waals surface area contributed by atoms with Crippen LogP contribution >= 0.6 is 7.60 Å². The average Bonchev–Trinajstić information content (AvgIpc) is 2.73. The van der Waals surface area contributed by atoms with Crippen molar-refractivity contribution in [1.29, 1.82) is 0 Å². The second-order valence-electron chi connectivity index (χ2n) is 5.55. The molecule has 1 aliphatic carbocycles. The van der Waals surface area contributed by atoms with E-state index in [9.17, 15) is 29.3 Å². The van der Waals surface area contributed by atoms with Crippen molar-refractivity contribution in [2.45, 2.75) is 37.4 Å². The molecule has 0 amide bonds. The van der Waals surface area contributed by atoms with Crippen molar-refractivity contribution in [3.63, 3.8) is 0 Å². The summed E-state index contributed by atoms with van der Waals surface area (Å²) >= 11 is 0. The molecule has 0 bridgehead atoms. The van der Waals surface area contributed by atoms with Gasteiger partial charge in [-0.25, -0.2) is 4.79 Å². The molecule has 1 fully saturated rings. The van der Waals surface area contributed by atoms with E-state index in [1.165, 1.54) is 6.20 Å². The zero-order valence-corrected chi connectivity index (χ0v) is 13.2. The summed E-state index contributed by atoms with van der Waals surface area (Å²) in [5, 5.41) is 29.2. The number of aliphatic hydroxyl groups excluding tert-OH is 3. The van der Waals surface area contributed by atoms with Gasteiger partial charge in [-0.2, -0.15) is 0 Å². The molecule has 11 heteroatoms. The van der Waals surface area contributed by atoms with E-state index in [1.807, 2.05) is 4.98 Å². The van der Waals surface area contributed by atoms with Gasteiger partial charge in [-0.3, -0.25) is 18.9 Å². The molecule has 1 aromatic rings. The highest BCUT2D eigenvalue weighted by Gasteiger charge is 2.44. The zero-order chi connectivity index (χ0) is 17.4. The molecule has 5 N–H and O–H groups in total. The topological polar surface area (TPSA) is 162 Å². The molecule has 23 heavy (non-hydrogen) atoms. The number of H-pyrrole nitrogens is 1. The SMILES string of the molecule is CC(O)P(=O)(O)OCC1C[C@@H](n2ccc(=O)[nH]c2=O)[C@H](O)[C@@H]1O. The fraction of sp³-hybridized carbons (Fsp3) is 0.667. The van der Waals surface area contributed by atoms with Gasteiger partial charge in [-0.05, 0) is 13.3 Å². The lowest BCUT2D eigenvalue weighted by molar-refractivity contribution is -0.00388. The lowest BCUT2D eigenvalue weighted by Gasteiger charge is -2.20. The van der Waals surface area contributed by atoms with E-state index in [0.717, 1.165) is 17.6 Å². The maximum absolute atomic E-state index is 11.8. The number of aromatic amines is 1. The van der Waals surface area contributed by atoms with Crippen LogP contribution in [0, 0.1) is 5.92 Å². The maximum Gasteiger partial charge on any atom is 0.356 e. The summed E-state index contributed by atoms with van der Waals surface area (Å²) in [6, 6.07) is 0.298. The Morgan fingerprint density at radius 3 is 2.65 bits per heavy atom. The molecule has 3 unspecified atom stereocenters. The van der Waals surface area contributed by atoms with Gasteiger partial charge in [-0.15, -0.1) is 0 Å². The summed E-state index contributed by atoms with van der Waals surface area (Å²) in [4.78, 5) is 34.3. The lowest BCUT2D eigenvalue weighted by atomic mass is 10.1. The Morgan fingerprint density at radius 1 is 1.43 bits per heavy atom. The molecule has 0 radical (unpaired) electrons. The van der Waals surface area contributed by atoms with Crippen molar-refractivity contribution in [1.82, 2.24) is 9.55 Å². The van der Waals surface area contributed by atoms with Gasteiger partial charge in [-0.1, -0.05) is 0 Å². The predicted octanol–water partition coefficient (Wildman–Crippen LogP) is -1.64. The highest BCUT2D eigenvalue weighted by atomic mass is 31.2. The molecule has 1 heterocycles. The third-order valence-electron chi connectivity index (χ3n) is 3.93. The smallest absolute Gasteiger partial charge is 0.356 e. The van der Waals surface area contributed by atoms with E-state index in [0.29, 0.717) is 0 Å². The first-order valence-corrected chi connectivity index (χ1v) is 8.61. The fourth-order valence-electron chi connectivity index (χ4n) is 2.54. The van der Waals surface area contributed by atoms with Gasteiger partial charge >= 0.3 is 13.3 Å². The van der Waals surface area contributed by atoms with Crippen molar-refractivity contribution in [3.05, 3.63) is 33.1 Å². The number of nitrogens with zero attached hydrogens (tertiary/aromatic N) is 1. The molecule has 0 aliphatic heterocycles. The standard InChI is InChI=1S/C12H19N2O8P/c1-6(15)23(20,21)22-5-7-4-8(11(18)10(7)17)14-3-2-9(16)13-12(14)19/h2-3,6-8,10-11,15,17-18H,4-5H2,1H3,(H,20,21)(H,13,16,19)/t6?,7?,8-,10-,11+/m1/s1. The van der Waals surface area contributed by atoms with Crippen molar-refractivity contribution in [2.24, 2.45) is 5.92 Å². The van der Waals surface area contributed by atoms with Crippen molar-refractivity contribution in [3.8, 4) is 0 Å². The molecule has 130 valence electrons. The Morgan fingerprint density at radius 2 is 2.09 bits per heavy atom. The third kappa shape index (κ3) is 3.79. The normalized spacial score (nSPS) is 31.7. The summed E-state index contributed by atoms with van der Waals surface area (Å²) in [6.45, 7) is 0.731. The Labute approximate surface area is 130 Å². The molecular formula is C12H19N2O8P. The second kappa shape index (κ2) is 6.68. The summed E-state index contributed by atoms with van der Waals surface area (Å²) in [6.07, 6.45) is -1.30. The fourth-order valence-corrected chi connectivity index (χ4v) is 3.16. The van der Waals surface area contributed by atoms with E-state index in [4.69, 9.17) is 9.63 Å². The van der Waals surface area contributed by atoms with E-state index >= 15 is 0 Å². The maximum atomic E-state index is 11.8. The minimum absolute atomic E-state index is 0.0914. The van der Waals surface area contributed by atoms with Crippen LogP contribution in [0.25, 0.3) is 0 Å². The molecule has 0 saturated heterocycles. The monoisotopic (exact) mass is 350 g/mol. The summed E-state index contributed by atoms with van der Waals surface area (Å²) < 4.78 is 17.4. The van der Waals surface area contributed by atoms with Crippen LogP contribution < -0.4 is 11.2 Å². The summed E-state index contributed by atoms with van der Waals surface area (Å²) in [5.74, 6) is -2.29. The summed E-state index contributed by atoms with van der Waals surface area (Å²) in [5.41, 5.74) is -1.32. The molecule has 1 saturated carbocycles. The molecule has 1 aliphatic rings. The number of rotatable bonds is 5. The highest BCUT2D eigenvalue weighted by molar-refractivity contribution is 7.53. The molecule has 6 atom stereocenters. The Balaban J connectivity index is 2.14. The number of hydrogen-bond donors (Lipinski definition) is 5. The van der Waals surface area contributed by atoms with Crippen LogP contribution in [0.3, 0.4) is 0 Å². The van der Waals surface area contributed by atoms with E-state index in [2.05, 4.69) is 0 Å². The van der Waals surface area contributed by atoms with Crippen LogP contribution in [0.5, 0.6) is 0 Å². The quantitative estimate of drug-likeness (QED) is 0.395. The molecule has 10 nitrogen and oxygen atoms in total. The van der Waals surface area contributed by atoms with E-state index in [1.54, 1.807) is 0 Å². The van der Waals surface area contributed by atoms with Crippen LogP contribution in [0.4, 0.5) is 0 Å². The minimum Gasteiger partial charge on any atom is -0.390 e. The second-order valence-corrected chi connectivity index (χ2v) is 7.69. The first kappa shape index (κ1) is 18.1. The Kier molecular flexibility index (Phi) is 5.24. The molecule has 2 rings (SSSR count). The largest absolute Gasteiger partial charge is 0.390 e. The molecule has 0 spiro atoms. The lowest BCUT2D eigenvalue weighted by Crippen LogP contribution is -2.37. The van der Waals surface area contributed by atoms with Gasteiger partial charge < -0.3 is 24.7 Å². The van der Waals surface area contributed by atoms with Crippen LogP contribution in [0.15, 0.2) is 21.9 Å². The van der Waals surface area contributed by atoms with E-state index < -0.39 is 48.9 Å². The van der Waals surface area contributed by atoms with Crippen molar-refractivity contribution >= 4 is 7.60 Å². The average molecular weight is 350 g/mol. The highest BCUT2D eigenvalue weighted by Crippen LogP contribution is 2.47. The van der Waals surface area contributed by atoms with Crippen molar-refractivity contribution in [2.75, 3.05) is 6.61 Å². The predicted molar refractivity (Wildman–Crippen MR) is 77.9 cm³/mol. The van der Waals surface area contributed by atoms with Gasteiger partial charge in [0, 0.05) is 18.2 Å². The zero-order valence-electron chi connectivity index (χ0n) is 12.3. The van der Waals surface area contributed by atoms with Crippen LogP contribution in [-0.2, 0) is 9.09 Å². The van der Waals surface area contributed by atoms with Gasteiger partial charge in [0.05, 0.1) is 18.8 Å². The number of nitrogens with one attached hydrogen (secondary N) is 1. The van der Waals surface area contributed by atoms with Gasteiger partial charge in [0.25, 0.3) is 5.56 Å². The third-order valence-corrected chi connectivity index (χ3v) is 5.39. The molecular weight excluding hydrogens is 331 g/mol. The number of aromatic nitrogens is 2.